The first-order chi connectivity index (χ1) is 12.7. The normalized spacial score (nSPS) is 13.9. The number of amides is 2. The summed E-state index contributed by atoms with van der Waals surface area (Å²) in [6.07, 6.45) is -1.48. The van der Waals surface area contributed by atoms with Crippen molar-refractivity contribution >= 4 is 17.8 Å². The number of hydrogen-bond acceptors (Lipinski definition) is 4. The lowest BCUT2D eigenvalue weighted by atomic mass is 10.1. The van der Waals surface area contributed by atoms with Crippen LogP contribution in [0.3, 0.4) is 0 Å². The second kappa shape index (κ2) is 7.34. The molecule has 3 rings (SSSR count). The topological polar surface area (TPSA) is 84.0 Å². The maximum atomic E-state index is 12.9. The summed E-state index contributed by atoms with van der Waals surface area (Å²) in [7, 11) is 0. The molecule has 0 atom stereocenters. The molecule has 0 radical (unpaired) electrons. The van der Waals surface area contributed by atoms with Crippen LogP contribution in [0, 0.1) is 12.8 Å². The van der Waals surface area contributed by atoms with Crippen LogP contribution in [0.4, 0.5) is 19.1 Å². The van der Waals surface area contributed by atoms with Crippen molar-refractivity contribution in [2.24, 2.45) is 5.92 Å². The Balaban J connectivity index is 1.65. The first-order valence-corrected chi connectivity index (χ1v) is 8.32. The smallest absolute Gasteiger partial charge is 0.347 e. The van der Waals surface area contributed by atoms with Crippen LogP contribution in [0.25, 0.3) is 0 Å². The van der Waals surface area contributed by atoms with E-state index in [2.05, 4.69) is 20.6 Å². The van der Waals surface area contributed by atoms with Gasteiger partial charge in [0.1, 0.15) is 5.69 Å². The van der Waals surface area contributed by atoms with Gasteiger partial charge in [-0.1, -0.05) is 11.6 Å². The van der Waals surface area contributed by atoms with E-state index >= 15 is 0 Å². The predicted octanol–water partition coefficient (Wildman–Crippen LogP) is 3.08. The zero-order chi connectivity index (χ0) is 19.6. The molecule has 0 unspecified atom stereocenters. The van der Waals surface area contributed by atoms with Gasteiger partial charge in [0.15, 0.2) is 0 Å². The monoisotopic (exact) mass is 378 g/mol. The Morgan fingerprint density at radius 3 is 2.63 bits per heavy atom. The van der Waals surface area contributed by atoms with E-state index in [9.17, 15) is 22.8 Å². The van der Waals surface area contributed by atoms with E-state index in [0.29, 0.717) is 11.1 Å². The summed E-state index contributed by atoms with van der Waals surface area (Å²) >= 11 is 0. The molecule has 2 N–H and O–H groups in total. The summed E-state index contributed by atoms with van der Waals surface area (Å²) in [6, 6.07) is 4.97. The fraction of sp³-hybridized carbons (Fsp3) is 0.333. The van der Waals surface area contributed by atoms with Crippen molar-refractivity contribution in [3.8, 4) is 0 Å². The van der Waals surface area contributed by atoms with E-state index in [1.165, 1.54) is 12.3 Å². The molecule has 0 aliphatic heterocycles. The lowest BCUT2D eigenvalue weighted by Crippen LogP contribution is -2.25. The Labute approximate surface area is 153 Å². The molecule has 0 saturated heterocycles. The van der Waals surface area contributed by atoms with E-state index in [1.54, 1.807) is 13.0 Å². The molecule has 1 aliphatic carbocycles. The SMILES string of the molecule is Cc1cc(CNC(=O)c2ccnc(NC(=O)C3CC3)n2)cc(C(F)(F)F)c1. The van der Waals surface area contributed by atoms with Gasteiger partial charge in [0.2, 0.25) is 11.9 Å². The lowest BCUT2D eigenvalue weighted by Gasteiger charge is -2.11. The molecule has 6 nitrogen and oxygen atoms in total. The van der Waals surface area contributed by atoms with Gasteiger partial charge in [0, 0.05) is 18.7 Å². The number of nitrogens with one attached hydrogen (secondary N) is 2. The average molecular weight is 378 g/mol. The standard InChI is InChI=1S/C18H17F3N4O2/c1-10-6-11(8-13(7-10)18(19,20)21)9-23-16(27)14-4-5-22-17(24-14)25-15(26)12-2-3-12/h4-8,12H,2-3,9H2,1H3,(H,23,27)(H,22,24,25,26). The van der Waals surface area contributed by atoms with E-state index in [-0.39, 0.29) is 30.0 Å². The Bertz CT molecular complexity index is 879. The molecule has 2 amide bonds. The first-order valence-electron chi connectivity index (χ1n) is 8.32. The van der Waals surface area contributed by atoms with E-state index in [0.717, 1.165) is 25.0 Å². The van der Waals surface area contributed by atoms with Crippen LogP contribution in [0.15, 0.2) is 30.5 Å². The number of rotatable bonds is 5. The Morgan fingerprint density at radius 2 is 1.96 bits per heavy atom. The summed E-state index contributed by atoms with van der Waals surface area (Å²) in [5, 5.41) is 5.07. The summed E-state index contributed by atoms with van der Waals surface area (Å²) in [5.74, 6) is -0.772. The van der Waals surface area contributed by atoms with Crippen molar-refractivity contribution in [1.29, 1.82) is 0 Å². The van der Waals surface area contributed by atoms with Gasteiger partial charge in [-0.25, -0.2) is 9.97 Å². The largest absolute Gasteiger partial charge is 0.416 e. The zero-order valence-electron chi connectivity index (χ0n) is 14.4. The van der Waals surface area contributed by atoms with Crippen molar-refractivity contribution in [2.45, 2.75) is 32.5 Å². The molecule has 1 aromatic carbocycles. The molecule has 0 bridgehead atoms. The van der Waals surface area contributed by atoms with Gasteiger partial charge in [-0.05, 0) is 43.5 Å². The predicted molar refractivity (Wildman–Crippen MR) is 90.7 cm³/mol. The molecule has 142 valence electrons. The number of carbonyl (C=O) groups is 2. The minimum Gasteiger partial charge on any atom is -0.347 e. The molecular weight excluding hydrogens is 361 g/mol. The van der Waals surface area contributed by atoms with Crippen molar-refractivity contribution in [3.63, 3.8) is 0 Å². The zero-order valence-corrected chi connectivity index (χ0v) is 14.4. The molecule has 1 aliphatic rings. The van der Waals surface area contributed by atoms with Crippen LogP contribution in [0.1, 0.15) is 40.0 Å². The number of aryl methyl sites for hydroxylation is 1. The fourth-order valence-electron chi connectivity index (χ4n) is 2.50. The lowest BCUT2D eigenvalue weighted by molar-refractivity contribution is -0.137. The van der Waals surface area contributed by atoms with Crippen LogP contribution >= 0.6 is 0 Å². The molecule has 1 heterocycles. The van der Waals surface area contributed by atoms with Gasteiger partial charge in [-0.15, -0.1) is 0 Å². The maximum Gasteiger partial charge on any atom is 0.416 e. The van der Waals surface area contributed by atoms with Gasteiger partial charge in [-0.3, -0.25) is 14.9 Å². The van der Waals surface area contributed by atoms with Crippen LogP contribution in [-0.4, -0.2) is 21.8 Å². The highest BCUT2D eigenvalue weighted by Gasteiger charge is 2.31. The number of alkyl halides is 3. The molecule has 27 heavy (non-hydrogen) atoms. The minimum atomic E-state index is -4.45. The highest BCUT2D eigenvalue weighted by atomic mass is 19.4. The maximum absolute atomic E-state index is 12.9. The Hall–Kier alpha value is -2.97. The number of carbonyl (C=O) groups excluding carboxylic acids is 2. The molecule has 9 heteroatoms. The highest BCUT2D eigenvalue weighted by Crippen LogP contribution is 2.31. The second-order valence-electron chi connectivity index (χ2n) is 6.42. The minimum absolute atomic E-state index is 0.0137. The Kier molecular flexibility index (Phi) is 5.11. The van der Waals surface area contributed by atoms with Crippen LogP contribution in [-0.2, 0) is 17.5 Å². The van der Waals surface area contributed by atoms with Gasteiger partial charge in [0.05, 0.1) is 5.56 Å². The number of nitrogens with zero attached hydrogens (tertiary/aromatic N) is 2. The van der Waals surface area contributed by atoms with E-state index < -0.39 is 17.6 Å². The van der Waals surface area contributed by atoms with Gasteiger partial charge in [-0.2, -0.15) is 13.2 Å². The number of hydrogen-bond donors (Lipinski definition) is 2. The third-order valence-electron chi connectivity index (χ3n) is 3.99. The first kappa shape index (κ1) is 18.8. The van der Waals surface area contributed by atoms with Crippen molar-refractivity contribution in [2.75, 3.05) is 5.32 Å². The molecule has 1 aromatic heterocycles. The third kappa shape index (κ3) is 5.02. The van der Waals surface area contributed by atoms with Crippen LogP contribution in [0.5, 0.6) is 0 Å². The molecular formula is C18H17F3N4O2. The van der Waals surface area contributed by atoms with Crippen LogP contribution in [0.2, 0.25) is 0 Å². The Morgan fingerprint density at radius 1 is 1.22 bits per heavy atom. The molecule has 0 spiro atoms. The average Bonchev–Trinajstić information content (AvgIpc) is 3.44. The quantitative estimate of drug-likeness (QED) is 0.838. The van der Waals surface area contributed by atoms with Gasteiger partial charge >= 0.3 is 6.18 Å². The van der Waals surface area contributed by atoms with Crippen molar-refractivity contribution in [1.82, 2.24) is 15.3 Å². The molecule has 2 aromatic rings. The highest BCUT2D eigenvalue weighted by molar-refractivity contribution is 5.94. The molecule has 1 fully saturated rings. The molecule has 1 saturated carbocycles. The van der Waals surface area contributed by atoms with Crippen molar-refractivity contribution < 1.29 is 22.8 Å². The fourth-order valence-corrected chi connectivity index (χ4v) is 2.50. The number of aromatic nitrogens is 2. The number of benzene rings is 1. The second-order valence-corrected chi connectivity index (χ2v) is 6.42. The summed E-state index contributed by atoms with van der Waals surface area (Å²) in [6.45, 7) is 1.47. The third-order valence-corrected chi connectivity index (χ3v) is 3.99. The summed E-state index contributed by atoms with van der Waals surface area (Å²) in [4.78, 5) is 31.8. The van der Waals surface area contributed by atoms with Crippen molar-refractivity contribution in [3.05, 3.63) is 52.8 Å². The number of anilines is 1. The van der Waals surface area contributed by atoms with Gasteiger partial charge in [0.25, 0.3) is 5.91 Å². The number of halogens is 3. The van der Waals surface area contributed by atoms with Gasteiger partial charge < -0.3 is 5.32 Å². The van der Waals surface area contributed by atoms with E-state index in [1.807, 2.05) is 0 Å². The van der Waals surface area contributed by atoms with E-state index in [4.69, 9.17) is 0 Å². The summed E-state index contributed by atoms with van der Waals surface area (Å²) < 4.78 is 38.6. The summed E-state index contributed by atoms with van der Waals surface area (Å²) in [5.41, 5.74) is 0.0202. The van der Waals surface area contributed by atoms with Crippen LogP contribution < -0.4 is 10.6 Å².